The largest absolute Gasteiger partial charge is 0.354 e. The highest BCUT2D eigenvalue weighted by Crippen LogP contribution is 2.12. The smallest absolute Gasteiger partial charge is 0.251 e. The minimum absolute atomic E-state index is 0.126. The number of rotatable bonds is 5. The first kappa shape index (κ1) is 17.6. The van der Waals surface area contributed by atoms with Crippen molar-refractivity contribution in [2.24, 2.45) is 4.99 Å². The average Bonchev–Trinajstić information content (AvgIpc) is 2.54. The lowest BCUT2D eigenvalue weighted by molar-refractivity contribution is 0.0744. The van der Waals surface area contributed by atoms with Crippen LogP contribution in [0, 0.1) is 6.92 Å². The van der Waals surface area contributed by atoms with Gasteiger partial charge in [-0.2, -0.15) is 0 Å². The molecule has 1 aliphatic rings. The van der Waals surface area contributed by atoms with Crippen LogP contribution < -0.4 is 10.6 Å². The number of hydrogen-bond acceptors (Lipinski definition) is 3. The van der Waals surface area contributed by atoms with E-state index in [-0.39, 0.29) is 12.6 Å². The van der Waals surface area contributed by atoms with E-state index in [1.807, 2.05) is 24.0 Å². The number of aryl methyl sites for hydroxylation is 1. The van der Waals surface area contributed by atoms with Gasteiger partial charge in [-0.3, -0.25) is 14.9 Å². The number of pyridine rings is 1. The number of aromatic nitrogens is 1. The fourth-order valence-corrected chi connectivity index (χ4v) is 2.71. The molecule has 1 saturated heterocycles. The number of halogens is 2. The number of nitrogens with zero attached hydrogens (tertiary/aromatic N) is 3. The van der Waals surface area contributed by atoms with Crippen molar-refractivity contribution >= 4 is 5.96 Å². The number of nitrogens with one attached hydrogen (secondary N) is 2. The highest BCUT2D eigenvalue weighted by atomic mass is 19.3. The fraction of sp³-hybridized carbons (Fsp3) is 0.625. The van der Waals surface area contributed by atoms with Crippen molar-refractivity contribution in [3.63, 3.8) is 0 Å². The van der Waals surface area contributed by atoms with Crippen molar-refractivity contribution in [3.8, 4) is 0 Å². The summed E-state index contributed by atoms with van der Waals surface area (Å²) in [5, 5.41) is 6.63. The molecule has 0 unspecified atom stereocenters. The molecule has 1 aromatic heterocycles. The number of piperidine rings is 1. The van der Waals surface area contributed by atoms with Gasteiger partial charge in [-0.1, -0.05) is 6.07 Å². The Morgan fingerprint density at radius 3 is 2.78 bits per heavy atom. The van der Waals surface area contributed by atoms with E-state index >= 15 is 0 Å². The summed E-state index contributed by atoms with van der Waals surface area (Å²) in [6.07, 6.45) is 1.21. The van der Waals surface area contributed by atoms with Crippen molar-refractivity contribution in [1.29, 1.82) is 0 Å². The van der Waals surface area contributed by atoms with Crippen LogP contribution in [0.25, 0.3) is 0 Å². The molecule has 2 rings (SSSR count). The van der Waals surface area contributed by atoms with Crippen LogP contribution in [0.2, 0.25) is 0 Å². The third-order valence-corrected chi connectivity index (χ3v) is 4.09. The van der Waals surface area contributed by atoms with E-state index in [9.17, 15) is 8.78 Å². The maximum Gasteiger partial charge on any atom is 0.251 e. The number of aliphatic imine (C=N–C) groups is 1. The summed E-state index contributed by atoms with van der Waals surface area (Å²) in [5.41, 5.74) is 2.12. The molecule has 1 aliphatic heterocycles. The molecule has 0 radical (unpaired) electrons. The monoisotopic (exact) mass is 325 g/mol. The predicted molar refractivity (Wildman–Crippen MR) is 87.8 cm³/mol. The molecule has 0 aromatic carbocycles. The Morgan fingerprint density at radius 2 is 2.17 bits per heavy atom. The molecule has 0 saturated carbocycles. The third-order valence-electron chi connectivity index (χ3n) is 4.09. The molecule has 0 atom stereocenters. The molecule has 0 spiro atoms. The first-order valence-electron chi connectivity index (χ1n) is 7.96. The first-order chi connectivity index (χ1) is 11.1. The minimum Gasteiger partial charge on any atom is -0.354 e. The van der Waals surface area contributed by atoms with Crippen LogP contribution in [-0.4, -0.2) is 55.0 Å². The number of alkyl halides is 2. The van der Waals surface area contributed by atoms with E-state index in [2.05, 4.69) is 20.6 Å². The number of guanidine groups is 1. The lowest BCUT2D eigenvalue weighted by atomic mass is 10.1. The van der Waals surface area contributed by atoms with Gasteiger partial charge in [0.1, 0.15) is 0 Å². The van der Waals surface area contributed by atoms with Crippen LogP contribution in [0.4, 0.5) is 8.78 Å². The Balaban J connectivity index is 1.77. The van der Waals surface area contributed by atoms with Gasteiger partial charge in [0.15, 0.2) is 5.96 Å². The van der Waals surface area contributed by atoms with Crippen molar-refractivity contribution in [3.05, 3.63) is 29.6 Å². The van der Waals surface area contributed by atoms with Gasteiger partial charge in [0.2, 0.25) is 0 Å². The molecular formula is C16H25F2N5. The van der Waals surface area contributed by atoms with Crippen LogP contribution >= 0.6 is 0 Å². The highest BCUT2D eigenvalue weighted by molar-refractivity contribution is 5.79. The van der Waals surface area contributed by atoms with Crippen molar-refractivity contribution in [1.82, 2.24) is 20.5 Å². The van der Waals surface area contributed by atoms with Crippen LogP contribution in [0.1, 0.15) is 24.1 Å². The molecule has 5 nitrogen and oxygen atoms in total. The summed E-state index contributed by atoms with van der Waals surface area (Å²) in [7, 11) is 1.73. The zero-order valence-corrected chi connectivity index (χ0v) is 13.7. The standard InChI is InChI=1S/C16H25F2N5/c1-12-4-3-7-20-14(12)10-21-16(19-2)22-13-5-8-23(9-6-13)11-15(17)18/h3-4,7,13,15H,5-6,8-11H2,1-2H3,(H2,19,21,22). The summed E-state index contributed by atoms with van der Waals surface area (Å²) >= 11 is 0. The van der Waals surface area contributed by atoms with E-state index in [1.165, 1.54) is 0 Å². The maximum atomic E-state index is 12.4. The summed E-state index contributed by atoms with van der Waals surface area (Å²) < 4.78 is 24.8. The third kappa shape index (κ3) is 5.74. The number of likely N-dealkylation sites (tertiary alicyclic amines) is 1. The first-order valence-corrected chi connectivity index (χ1v) is 7.96. The molecule has 1 fully saturated rings. The van der Waals surface area contributed by atoms with Crippen molar-refractivity contribution < 1.29 is 8.78 Å². The van der Waals surface area contributed by atoms with Gasteiger partial charge in [0, 0.05) is 32.4 Å². The second-order valence-corrected chi connectivity index (χ2v) is 5.80. The molecular weight excluding hydrogens is 300 g/mol. The van der Waals surface area contributed by atoms with Crippen molar-refractivity contribution in [2.45, 2.75) is 38.8 Å². The quantitative estimate of drug-likeness (QED) is 0.640. The molecule has 0 bridgehead atoms. The molecule has 2 heterocycles. The zero-order valence-electron chi connectivity index (χ0n) is 13.7. The second-order valence-electron chi connectivity index (χ2n) is 5.80. The molecule has 23 heavy (non-hydrogen) atoms. The van der Waals surface area contributed by atoms with Gasteiger partial charge in [-0.25, -0.2) is 8.78 Å². The molecule has 7 heteroatoms. The second kappa shape index (κ2) is 8.76. The highest BCUT2D eigenvalue weighted by Gasteiger charge is 2.21. The van der Waals surface area contributed by atoms with Gasteiger partial charge in [-0.15, -0.1) is 0 Å². The Bertz CT molecular complexity index is 513. The Morgan fingerprint density at radius 1 is 1.43 bits per heavy atom. The zero-order chi connectivity index (χ0) is 16.7. The Hall–Kier alpha value is -1.76. The molecule has 0 amide bonds. The number of hydrogen-bond donors (Lipinski definition) is 2. The van der Waals surface area contributed by atoms with Crippen LogP contribution in [0.15, 0.2) is 23.3 Å². The van der Waals surface area contributed by atoms with Gasteiger partial charge in [0.05, 0.1) is 18.8 Å². The maximum absolute atomic E-state index is 12.4. The summed E-state index contributed by atoms with van der Waals surface area (Å²) in [4.78, 5) is 10.4. The van der Waals surface area contributed by atoms with Gasteiger partial charge < -0.3 is 10.6 Å². The minimum atomic E-state index is -2.25. The molecule has 1 aromatic rings. The topological polar surface area (TPSA) is 52.6 Å². The van der Waals surface area contributed by atoms with E-state index in [4.69, 9.17) is 0 Å². The Labute approximate surface area is 136 Å². The van der Waals surface area contributed by atoms with E-state index < -0.39 is 6.43 Å². The van der Waals surface area contributed by atoms with Crippen LogP contribution in [0.5, 0.6) is 0 Å². The molecule has 2 N–H and O–H groups in total. The summed E-state index contributed by atoms with van der Waals surface area (Å²) in [6, 6.07) is 4.21. The average molecular weight is 325 g/mol. The lowest BCUT2D eigenvalue weighted by Gasteiger charge is -2.32. The normalized spacial score (nSPS) is 17.5. The van der Waals surface area contributed by atoms with E-state index in [1.54, 1.807) is 13.2 Å². The fourth-order valence-electron chi connectivity index (χ4n) is 2.71. The van der Waals surface area contributed by atoms with Gasteiger partial charge >= 0.3 is 0 Å². The van der Waals surface area contributed by atoms with Crippen LogP contribution in [-0.2, 0) is 6.54 Å². The predicted octanol–water partition coefficient (Wildman–Crippen LogP) is 1.78. The molecule has 0 aliphatic carbocycles. The SMILES string of the molecule is CN=C(NCc1ncccc1C)NC1CCN(CC(F)F)CC1. The van der Waals surface area contributed by atoms with E-state index in [0.717, 1.165) is 30.1 Å². The van der Waals surface area contributed by atoms with E-state index in [0.29, 0.717) is 19.6 Å². The van der Waals surface area contributed by atoms with Gasteiger partial charge in [-0.05, 0) is 31.4 Å². The Kier molecular flexibility index (Phi) is 6.70. The summed E-state index contributed by atoms with van der Waals surface area (Å²) in [6.45, 7) is 3.89. The lowest BCUT2D eigenvalue weighted by Crippen LogP contribution is -2.49. The van der Waals surface area contributed by atoms with Crippen molar-refractivity contribution in [2.75, 3.05) is 26.7 Å². The summed E-state index contributed by atoms with van der Waals surface area (Å²) in [5.74, 6) is 0.724. The van der Waals surface area contributed by atoms with Crippen LogP contribution in [0.3, 0.4) is 0 Å². The molecule has 128 valence electrons. The van der Waals surface area contributed by atoms with Gasteiger partial charge in [0.25, 0.3) is 6.43 Å².